The number of fused-ring (bicyclic) bond motifs is 1. The Morgan fingerprint density at radius 2 is 1.67 bits per heavy atom. The van der Waals surface area contributed by atoms with Crippen LogP contribution in [-0.4, -0.2) is 6.29 Å². The van der Waals surface area contributed by atoms with Gasteiger partial charge in [0.25, 0.3) is 0 Å². The molecule has 1 aromatic rings. The lowest BCUT2D eigenvalue weighted by atomic mass is 9.62. The van der Waals surface area contributed by atoms with Gasteiger partial charge in [-0.25, -0.2) is 0 Å². The zero-order chi connectivity index (χ0) is 20.1. The number of rotatable bonds is 7. The van der Waals surface area contributed by atoms with Gasteiger partial charge in [-0.2, -0.15) is 0 Å². The van der Waals surface area contributed by atoms with Gasteiger partial charge in [-0.05, 0) is 71.3 Å². The van der Waals surface area contributed by atoms with E-state index in [2.05, 4.69) is 76.5 Å². The second kappa shape index (κ2) is 9.10. The fourth-order valence-corrected chi connectivity index (χ4v) is 4.31. The van der Waals surface area contributed by atoms with E-state index in [1.54, 1.807) is 11.8 Å². The Kier molecular flexibility index (Phi) is 7.33. The summed E-state index contributed by atoms with van der Waals surface area (Å²) in [7, 11) is 0. The topological polar surface area (TPSA) is 17.1 Å². The number of benzene rings is 1. The molecule has 0 bridgehead atoms. The second-order valence-electron chi connectivity index (χ2n) is 8.73. The molecule has 0 radical (unpaired) electrons. The maximum atomic E-state index is 11.8. The molecule has 0 fully saturated rings. The third-order valence-corrected chi connectivity index (χ3v) is 6.57. The van der Waals surface area contributed by atoms with Crippen molar-refractivity contribution in [1.82, 2.24) is 0 Å². The Morgan fingerprint density at radius 3 is 2.19 bits per heavy atom. The first kappa shape index (κ1) is 21.8. The Bertz CT molecular complexity index is 763. The summed E-state index contributed by atoms with van der Waals surface area (Å²) < 4.78 is 0. The van der Waals surface area contributed by atoms with Gasteiger partial charge in [0.2, 0.25) is 0 Å². The predicted molar refractivity (Wildman–Crippen MR) is 122 cm³/mol. The molecule has 2 heteroatoms. The normalized spacial score (nSPS) is 18.8. The van der Waals surface area contributed by atoms with Gasteiger partial charge in [0, 0.05) is 10.5 Å². The molecule has 0 saturated carbocycles. The zero-order valence-corrected chi connectivity index (χ0v) is 18.6. The third-order valence-electron chi connectivity index (χ3n) is 5.58. The molecule has 0 atom stereocenters. The van der Waals surface area contributed by atoms with Crippen molar-refractivity contribution >= 4 is 24.1 Å². The molecule has 1 aromatic carbocycles. The van der Waals surface area contributed by atoms with Crippen LogP contribution >= 0.6 is 11.8 Å². The van der Waals surface area contributed by atoms with E-state index < -0.39 is 0 Å². The molecule has 0 amide bonds. The molecular weight excluding hydrogens is 348 g/mol. The average Bonchev–Trinajstić information content (AvgIpc) is 2.64. The van der Waals surface area contributed by atoms with E-state index in [4.69, 9.17) is 0 Å². The minimum Gasteiger partial charge on any atom is -0.298 e. The second-order valence-corrected chi connectivity index (χ2v) is 9.71. The van der Waals surface area contributed by atoms with Crippen LogP contribution in [0.1, 0.15) is 94.3 Å². The smallest absolute Gasteiger partial charge is 0.150 e. The number of hydrogen-bond donors (Lipinski definition) is 0. The van der Waals surface area contributed by atoms with Gasteiger partial charge >= 0.3 is 0 Å². The van der Waals surface area contributed by atoms with E-state index in [9.17, 15) is 4.79 Å². The Morgan fingerprint density at radius 1 is 1.07 bits per heavy atom. The summed E-state index contributed by atoms with van der Waals surface area (Å²) in [4.78, 5) is 13.0. The summed E-state index contributed by atoms with van der Waals surface area (Å²) >= 11 is 1.73. The van der Waals surface area contributed by atoms with E-state index in [-0.39, 0.29) is 10.8 Å². The first-order chi connectivity index (χ1) is 12.7. The molecule has 0 unspecified atom stereocenters. The number of aldehydes is 1. The largest absolute Gasteiger partial charge is 0.298 e. The highest BCUT2D eigenvalue weighted by molar-refractivity contribution is 8.06. The molecule has 0 aliphatic heterocycles. The summed E-state index contributed by atoms with van der Waals surface area (Å²) in [6.45, 7) is 13.5. The fourth-order valence-electron chi connectivity index (χ4n) is 3.65. The van der Waals surface area contributed by atoms with Crippen molar-refractivity contribution in [2.24, 2.45) is 0 Å². The van der Waals surface area contributed by atoms with Gasteiger partial charge in [0.15, 0.2) is 6.29 Å². The van der Waals surface area contributed by atoms with E-state index in [1.165, 1.54) is 22.5 Å². The van der Waals surface area contributed by atoms with Crippen LogP contribution in [0, 0.1) is 0 Å². The molecule has 0 aromatic heterocycles. The Balaban J connectivity index is 2.49. The first-order valence-electron chi connectivity index (χ1n) is 10.1. The standard InChI is InChI=1S/C25H34OS/c1-7-9-10-21(27-15-8-2)12-11-19-16-22-23(17-20(19)18-26)25(5,6)14-13-24(22,3)4/h8,10-12,15-18H,7,9,13-14H2,1-6H3/b12-11+,15-8-,21-10+. The van der Waals surface area contributed by atoms with Crippen molar-refractivity contribution in [2.45, 2.75) is 78.1 Å². The first-order valence-corrected chi connectivity index (χ1v) is 10.9. The maximum absolute atomic E-state index is 11.8. The molecular formula is C25H34OS. The number of carbonyl (C=O) groups is 1. The number of allylic oxidation sites excluding steroid dienone is 3. The summed E-state index contributed by atoms with van der Waals surface area (Å²) in [5.74, 6) is 0. The summed E-state index contributed by atoms with van der Waals surface area (Å²) in [6.07, 6.45) is 14.1. The van der Waals surface area contributed by atoms with Gasteiger partial charge in [0.05, 0.1) is 0 Å². The monoisotopic (exact) mass is 382 g/mol. The maximum Gasteiger partial charge on any atom is 0.150 e. The molecule has 1 aliphatic rings. The highest BCUT2D eigenvalue weighted by atomic mass is 32.2. The highest BCUT2D eigenvalue weighted by Gasteiger charge is 2.37. The molecule has 0 heterocycles. The number of thioether (sulfide) groups is 1. The Hall–Kier alpha value is -1.54. The number of unbranched alkanes of at least 4 members (excludes halogenated alkanes) is 1. The lowest BCUT2D eigenvalue weighted by molar-refractivity contribution is 0.112. The van der Waals surface area contributed by atoms with Crippen LogP contribution in [-0.2, 0) is 10.8 Å². The molecule has 0 saturated heterocycles. The lowest BCUT2D eigenvalue weighted by Crippen LogP contribution is -2.34. The van der Waals surface area contributed by atoms with Crippen LogP contribution in [0.25, 0.3) is 6.08 Å². The fraction of sp³-hybridized carbons (Fsp3) is 0.480. The molecule has 1 aliphatic carbocycles. The van der Waals surface area contributed by atoms with Gasteiger partial charge < -0.3 is 0 Å². The van der Waals surface area contributed by atoms with Crippen LogP contribution in [0.3, 0.4) is 0 Å². The van der Waals surface area contributed by atoms with Crippen molar-refractivity contribution in [3.8, 4) is 0 Å². The van der Waals surface area contributed by atoms with Crippen molar-refractivity contribution in [3.63, 3.8) is 0 Å². The van der Waals surface area contributed by atoms with Crippen LogP contribution in [0.15, 0.2) is 40.7 Å². The SMILES string of the molecule is C/C=C\SC(/C=C/c1cc2c(cc1C=O)C(C)(C)CCC2(C)C)=C/CCC. The Labute approximate surface area is 170 Å². The molecule has 0 spiro atoms. The quantitative estimate of drug-likeness (QED) is 0.353. The molecule has 146 valence electrons. The van der Waals surface area contributed by atoms with E-state index in [0.717, 1.165) is 36.7 Å². The van der Waals surface area contributed by atoms with Crippen molar-refractivity contribution in [2.75, 3.05) is 0 Å². The van der Waals surface area contributed by atoms with Gasteiger partial charge in [0.1, 0.15) is 0 Å². The number of hydrogen-bond acceptors (Lipinski definition) is 2. The van der Waals surface area contributed by atoms with Crippen LogP contribution in [0.5, 0.6) is 0 Å². The summed E-state index contributed by atoms with van der Waals surface area (Å²) in [6, 6.07) is 4.39. The van der Waals surface area contributed by atoms with Gasteiger partial charge in [-0.15, -0.1) is 0 Å². The highest BCUT2D eigenvalue weighted by Crippen LogP contribution is 2.46. The van der Waals surface area contributed by atoms with Crippen LogP contribution in [0.4, 0.5) is 0 Å². The van der Waals surface area contributed by atoms with Gasteiger partial charge in [-0.1, -0.05) is 77.1 Å². The van der Waals surface area contributed by atoms with Crippen molar-refractivity contribution in [3.05, 3.63) is 62.9 Å². The van der Waals surface area contributed by atoms with E-state index in [0.29, 0.717) is 0 Å². The average molecular weight is 383 g/mol. The summed E-state index contributed by atoms with van der Waals surface area (Å²) in [5.41, 5.74) is 4.82. The molecule has 0 N–H and O–H groups in total. The molecule has 1 nitrogen and oxygen atoms in total. The summed E-state index contributed by atoms with van der Waals surface area (Å²) in [5, 5.41) is 2.10. The van der Waals surface area contributed by atoms with E-state index in [1.807, 2.05) is 6.92 Å². The molecule has 2 rings (SSSR count). The number of carbonyl (C=O) groups excluding carboxylic acids is 1. The van der Waals surface area contributed by atoms with Crippen molar-refractivity contribution < 1.29 is 4.79 Å². The minimum atomic E-state index is 0.124. The van der Waals surface area contributed by atoms with Crippen LogP contribution in [0.2, 0.25) is 0 Å². The predicted octanol–water partition coefficient (Wildman–Crippen LogP) is 7.81. The minimum absolute atomic E-state index is 0.124. The van der Waals surface area contributed by atoms with Crippen molar-refractivity contribution in [1.29, 1.82) is 0 Å². The lowest BCUT2D eigenvalue weighted by Gasteiger charge is -2.42. The van der Waals surface area contributed by atoms with Crippen LogP contribution < -0.4 is 0 Å². The molecule has 27 heavy (non-hydrogen) atoms. The van der Waals surface area contributed by atoms with Gasteiger partial charge in [-0.3, -0.25) is 4.79 Å². The zero-order valence-electron chi connectivity index (χ0n) is 17.8. The van der Waals surface area contributed by atoms with E-state index >= 15 is 0 Å². The third kappa shape index (κ3) is 5.25.